The summed E-state index contributed by atoms with van der Waals surface area (Å²) in [5, 5.41) is 17.3. The maximum absolute atomic E-state index is 12.6. The molecule has 2 aromatic heterocycles. The first-order valence-electron chi connectivity index (χ1n) is 10.4. The van der Waals surface area contributed by atoms with E-state index >= 15 is 0 Å². The number of hydrogen-bond acceptors (Lipinski definition) is 5. The van der Waals surface area contributed by atoms with Crippen LogP contribution in [-0.2, 0) is 23.1 Å². The number of hydrogen-bond donors (Lipinski definition) is 2. The number of aromatic nitrogens is 3. The molecule has 1 aromatic carbocycles. The third-order valence-electron chi connectivity index (χ3n) is 4.91. The Balaban J connectivity index is 1.70. The average Bonchev–Trinajstić information content (AvgIpc) is 3.17. The summed E-state index contributed by atoms with van der Waals surface area (Å²) in [4.78, 5) is 16.9. The van der Waals surface area contributed by atoms with E-state index in [1.807, 2.05) is 41.1 Å². The lowest BCUT2D eigenvalue weighted by molar-refractivity contribution is -0.118. The SMILES string of the molecule is CC(C)(C)c1cc(CCC(=O)Cc2ccc(NCCO)nc2)n(-c2cccc(Cl)c2)n1. The maximum atomic E-state index is 12.6. The smallest absolute Gasteiger partial charge is 0.137 e. The molecule has 3 rings (SSSR count). The number of pyridine rings is 1. The highest BCUT2D eigenvalue weighted by atomic mass is 35.5. The Morgan fingerprint density at radius 1 is 1.19 bits per heavy atom. The van der Waals surface area contributed by atoms with Crippen LogP contribution in [0.1, 0.15) is 44.1 Å². The maximum Gasteiger partial charge on any atom is 0.137 e. The highest BCUT2D eigenvalue weighted by molar-refractivity contribution is 6.30. The number of aliphatic hydroxyl groups excluding tert-OH is 1. The molecule has 0 fully saturated rings. The van der Waals surface area contributed by atoms with E-state index in [2.05, 4.69) is 37.1 Å². The zero-order chi connectivity index (χ0) is 22.4. The molecule has 31 heavy (non-hydrogen) atoms. The molecule has 164 valence electrons. The van der Waals surface area contributed by atoms with E-state index < -0.39 is 0 Å². The number of carbonyl (C=O) groups is 1. The van der Waals surface area contributed by atoms with E-state index in [1.165, 1.54) is 0 Å². The van der Waals surface area contributed by atoms with Crippen molar-refractivity contribution in [3.8, 4) is 5.69 Å². The second kappa shape index (κ2) is 10.1. The van der Waals surface area contributed by atoms with Crippen LogP contribution >= 0.6 is 11.6 Å². The van der Waals surface area contributed by atoms with Crippen molar-refractivity contribution >= 4 is 23.2 Å². The number of rotatable bonds is 9. The number of ketones is 1. The fourth-order valence-corrected chi connectivity index (χ4v) is 3.38. The molecule has 0 aliphatic rings. The predicted molar refractivity (Wildman–Crippen MR) is 124 cm³/mol. The molecule has 0 atom stereocenters. The molecule has 0 aliphatic heterocycles. The van der Waals surface area contributed by atoms with Gasteiger partial charge in [-0.25, -0.2) is 9.67 Å². The first-order valence-corrected chi connectivity index (χ1v) is 10.8. The minimum Gasteiger partial charge on any atom is -0.395 e. The number of carbonyl (C=O) groups excluding carboxylic acids is 1. The Bertz CT molecular complexity index is 1020. The van der Waals surface area contributed by atoms with Crippen LogP contribution in [0.3, 0.4) is 0 Å². The minimum atomic E-state index is -0.0972. The third kappa shape index (κ3) is 6.39. The number of Topliss-reactive ketones (excluding diaryl/α,β-unsaturated/α-hetero) is 1. The number of aliphatic hydroxyl groups is 1. The molecule has 0 saturated carbocycles. The molecule has 2 N–H and O–H groups in total. The lowest BCUT2D eigenvalue weighted by Gasteiger charge is -2.14. The van der Waals surface area contributed by atoms with Crippen molar-refractivity contribution in [2.45, 2.75) is 45.4 Å². The Labute approximate surface area is 188 Å². The molecular weight excluding hydrogens is 412 g/mol. The first kappa shape index (κ1) is 23.0. The molecule has 6 nitrogen and oxygen atoms in total. The van der Waals surface area contributed by atoms with Gasteiger partial charge in [-0.2, -0.15) is 5.10 Å². The number of nitrogens with zero attached hydrogens (tertiary/aromatic N) is 3. The van der Waals surface area contributed by atoms with Crippen LogP contribution in [0.25, 0.3) is 5.69 Å². The van der Waals surface area contributed by atoms with Gasteiger partial charge in [-0.15, -0.1) is 0 Å². The minimum absolute atomic E-state index is 0.0462. The van der Waals surface area contributed by atoms with Crippen LogP contribution in [0.4, 0.5) is 5.82 Å². The number of aryl methyl sites for hydroxylation is 1. The molecule has 0 amide bonds. The lowest BCUT2D eigenvalue weighted by Crippen LogP contribution is -2.12. The zero-order valence-corrected chi connectivity index (χ0v) is 19.0. The summed E-state index contributed by atoms with van der Waals surface area (Å²) in [5.41, 5.74) is 3.63. The molecule has 0 aliphatic carbocycles. The number of halogens is 1. The molecule has 0 radical (unpaired) electrons. The van der Waals surface area contributed by atoms with Crippen LogP contribution < -0.4 is 5.32 Å². The van der Waals surface area contributed by atoms with Gasteiger partial charge in [-0.3, -0.25) is 4.79 Å². The number of anilines is 1. The lowest BCUT2D eigenvalue weighted by atomic mass is 9.92. The molecule has 3 aromatic rings. The van der Waals surface area contributed by atoms with Crippen LogP contribution in [0.15, 0.2) is 48.7 Å². The van der Waals surface area contributed by atoms with Crippen molar-refractivity contribution in [3.05, 3.63) is 70.6 Å². The van der Waals surface area contributed by atoms with E-state index in [4.69, 9.17) is 21.8 Å². The summed E-state index contributed by atoms with van der Waals surface area (Å²) < 4.78 is 1.89. The van der Waals surface area contributed by atoms with Crippen LogP contribution in [0.2, 0.25) is 5.02 Å². The number of nitrogens with one attached hydrogen (secondary N) is 1. The van der Waals surface area contributed by atoms with Gasteiger partial charge in [0.1, 0.15) is 11.6 Å². The second-order valence-electron chi connectivity index (χ2n) is 8.58. The van der Waals surface area contributed by atoms with Crippen molar-refractivity contribution in [1.29, 1.82) is 0 Å². The standard InChI is InChI=1S/C24H29ClN4O2/c1-24(2,3)22-15-20(29(28-22)19-6-4-5-18(25)14-19)8-9-21(31)13-17-7-10-23(27-16-17)26-11-12-30/h4-7,10,14-16,30H,8-9,11-13H2,1-3H3,(H,26,27). The van der Waals surface area contributed by atoms with Gasteiger partial charge in [0.05, 0.1) is 18.0 Å². The molecule has 0 bridgehead atoms. The zero-order valence-electron chi connectivity index (χ0n) is 18.2. The third-order valence-corrected chi connectivity index (χ3v) is 5.14. The van der Waals surface area contributed by atoms with E-state index in [0.29, 0.717) is 36.6 Å². The average molecular weight is 441 g/mol. The summed E-state index contributed by atoms with van der Waals surface area (Å²) in [6.07, 6.45) is 3.05. The molecule has 7 heteroatoms. The van der Waals surface area contributed by atoms with Gasteiger partial charge in [0, 0.05) is 41.7 Å². The predicted octanol–water partition coefficient (Wildman–Crippen LogP) is 4.37. The monoisotopic (exact) mass is 440 g/mol. The van der Waals surface area contributed by atoms with Gasteiger partial charge in [0.15, 0.2) is 0 Å². The van der Waals surface area contributed by atoms with Gasteiger partial charge in [0.25, 0.3) is 0 Å². The highest BCUT2D eigenvalue weighted by Crippen LogP contribution is 2.25. The van der Waals surface area contributed by atoms with E-state index in [-0.39, 0.29) is 17.8 Å². The van der Waals surface area contributed by atoms with Crippen molar-refractivity contribution < 1.29 is 9.90 Å². The topological polar surface area (TPSA) is 80.0 Å². The van der Waals surface area contributed by atoms with Crippen LogP contribution in [0, 0.1) is 0 Å². The fraction of sp³-hybridized carbons (Fsp3) is 0.375. The largest absolute Gasteiger partial charge is 0.395 e. The first-order chi connectivity index (χ1) is 14.8. The van der Waals surface area contributed by atoms with Crippen molar-refractivity contribution in [3.63, 3.8) is 0 Å². The molecule has 2 heterocycles. The fourth-order valence-electron chi connectivity index (χ4n) is 3.20. The van der Waals surface area contributed by atoms with Gasteiger partial charge in [-0.1, -0.05) is 44.5 Å². The molecule has 0 spiro atoms. The Kier molecular flexibility index (Phi) is 7.46. The summed E-state index contributed by atoms with van der Waals surface area (Å²) in [5.74, 6) is 0.833. The molecule has 0 unspecified atom stereocenters. The normalized spacial score (nSPS) is 11.5. The van der Waals surface area contributed by atoms with Gasteiger partial charge in [-0.05, 0) is 42.3 Å². The van der Waals surface area contributed by atoms with Crippen LogP contribution in [-0.4, -0.2) is 38.8 Å². The van der Waals surface area contributed by atoms with Gasteiger partial charge < -0.3 is 10.4 Å². The quantitative estimate of drug-likeness (QED) is 0.516. The van der Waals surface area contributed by atoms with Gasteiger partial charge in [0.2, 0.25) is 0 Å². The van der Waals surface area contributed by atoms with E-state index in [9.17, 15) is 4.79 Å². The highest BCUT2D eigenvalue weighted by Gasteiger charge is 2.21. The Morgan fingerprint density at radius 2 is 2.00 bits per heavy atom. The van der Waals surface area contributed by atoms with E-state index in [0.717, 1.165) is 22.6 Å². The second-order valence-corrected chi connectivity index (χ2v) is 9.02. The van der Waals surface area contributed by atoms with Crippen LogP contribution in [0.5, 0.6) is 0 Å². The van der Waals surface area contributed by atoms with Gasteiger partial charge >= 0.3 is 0 Å². The summed E-state index contributed by atoms with van der Waals surface area (Å²) >= 11 is 6.18. The Hall–Kier alpha value is -2.70. The molecule has 0 saturated heterocycles. The summed E-state index contributed by atoms with van der Waals surface area (Å²) in [6, 6.07) is 13.4. The molecular formula is C24H29ClN4O2. The van der Waals surface area contributed by atoms with E-state index in [1.54, 1.807) is 6.20 Å². The summed E-state index contributed by atoms with van der Waals surface area (Å²) in [7, 11) is 0. The van der Waals surface area contributed by atoms with Crippen molar-refractivity contribution in [1.82, 2.24) is 14.8 Å². The van der Waals surface area contributed by atoms with Crippen molar-refractivity contribution in [2.75, 3.05) is 18.5 Å². The Morgan fingerprint density at radius 3 is 2.65 bits per heavy atom. The number of benzene rings is 1. The summed E-state index contributed by atoms with van der Waals surface area (Å²) in [6.45, 7) is 6.86. The van der Waals surface area contributed by atoms with Crippen molar-refractivity contribution in [2.24, 2.45) is 0 Å².